The molecule has 3 aliphatic rings. The number of rotatable bonds is 4. The predicted molar refractivity (Wildman–Crippen MR) is 92.7 cm³/mol. The van der Waals surface area contributed by atoms with Crippen LogP contribution in [0, 0.1) is 17.8 Å². The van der Waals surface area contributed by atoms with Crippen molar-refractivity contribution in [3.05, 3.63) is 0 Å². The molecule has 0 aromatic rings. The summed E-state index contributed by atoms with van der Waals surface area (Å²) in [4.78, 5) is 51.1. The molecule has 2 unspecified atom stereocenters. The number of hydrogen-bond donors (Lipinski definition) is 1. The minimum Gasteiger partial charge on any atom is -0.467 e. The van der Waals surface area contributed by atoms with Crippen molar-refractivity contribution in [1.82, 2.24) is 10.2 Å². The molecule has 0 aromatic heterocycles. The molecule has 7 nitrogen and oxygen atoms in total. The number of amides is 3. The van der Waals surface area contributed by atoms with Crippen LogP contribution in [0.2, 0.25) is 0 Å². The highest BCUT2D eigenvalue weighted by molar-refractivity contribution is 6.07. The van der Waals surface area contributed by atoms with Gasteiger partial charge in [-0.05, 0) is 44.4 Å². The molecular formula is C19H28N2O5. The van der Waals surface area contributed by atoms with Gasteiger partial charge in [0.25, 0.3) is 0 Å². The van der Waals surface area contributed by atoms with Crippen LogP contribution in [0.15, 0.2) is 0 Å². The second kappa shape index (κ2) is 7.37. The van der Waals surface area contributed by atoms with Gasteiger partial charge in [-0.25, -0.2) is 4.79 Å². The summed E-state index contributed by atoms with van der Waals surface area (Å²) < 4.78 is 4.92. The Morgan fingerprint density at radius 1 is 1.08 bits per heavy atom. The molecule has 144 valence electrons. The number of hydrogen-bond acceptors (Lipinski definition) is 5. The van der Waals surface area contributed by atoms with E-state index in [0.717, 1.165) is 43.4 Å². The van der Waals surface area contributed by atoms with Crippen LogP contribution in [-0.4, -0.2) is 47.8 Å². The topological polar surface area (TPSA) is 92.8 Å². The van der Waals surface area contributed by atoms with Gasteiger partial charge in [-0.3, -0.25) is 19.3 Å². The zero-order valence-electron chi connectivity index (χ0n) is 15.6. The lowest BCUT2D eigenvalue weighted by Crippen LogP contribution is -2.58. The van der Waals surface area contributed by atoms with Gasteiger partial charge in [-0.15, -0.1) is 0 Å². The Labute approximate surface area is 153 Å². The highest BCUT2D eigenvalue weighted by atomic mass is 16.5. The van der Waals surface area contributed by atoms with Gasteiger partial charge in [-0.1, -0.05) is 19.8 Å². The van der Waals surface area contributed by atoms with E-state index >= 15 is 0 Å². The molecule has 1 aliphatic heterocycles. The van der Waals surface area contributed by atoms with Gasteiger partial charge < -0.3 is 10.1 Å². The SMILES string of the molecule is COC(=O)C1(NC(=O)CN2C(=O)C3CCCCC3C2=O)CCC(C)CC1. The van der Waals surface area contributed by atoms with Crippen molar-refractivity contribution in [3.63, 3.8) is 0 Å². The highest BCUT2D eigenvalue weighted by Crippen LogP contribution is 2.38. The lowest BCUT2D eigenvalue weighted by atomic mass is 9.77. The van der Waals surface area contributed by atoms with E-state index in [1.54, 1.807) is 0 Å². The molecule has 26 heavy (non-hydrogen) atoms. The molecule has 0 aromatic carbocycles. The summed E-state index contributed by atoms with van der Waals surface area (Å²) in [6, 6.07) is 0. The second-order valence-corrected chi connectivity index (χ2v) is 8.06. The van der Waals surface area contributed by atoms with E-state index in [2.05, 4.69) is 12.2 Å². The Bertz CT molecular complexity index is 585. The first-order chi connectivity index (χ1) is 12.4. The highest BCUT2D eigenvalue weighted by Gasteiger charge is 2.49. The van der Waals surface area contributed by atoms with Gasteiger partial charge in [0.1, 0.15) is 12.1 Å². The quantitative estimate of drug-likeness (QED) is 0.601. The zero-order valence-corrected chi connectivity index (χ0v) is 15.6. The Kier molecular flexibility index (Phi) is 5.34. The number of carbonyl (C=O) groups excluding carboxylic acids is 4. The minimum absolute atomic E-state index is 0.237. The third-order valence-electron chi connectivity index (χ3n) is 6.32. The first-order valence-corrected chi connectivity index (χ1v) is 9.62. The van der Waals surface area contributed by atoms with E-state index in [0.29, 0.717) is 18.8 Å². The van der Waals surface area contributed by atoms with E-state index in [1.165, 1.54) is 7.11 Å². The minimum atomic E-state index is -1.04. The smallest absolute Gasteiger partial charge is 0.331 e. The van der Waals surface area contributed by atoms with Crippen LogP contribution in [0.4, 0.5) is 0 Å². The summed E-state index contributed by atoms with van der Waals surface area (Å²) in [6.45, 7) is 1.81. The van der Waals surface area contributed by atoms with Gasteiger partial charge in [0, 0.05) is 0 Å². The number of carbonyl (C=O) groups is 4. The fraction of sp³-hybridized carbons (Fsp3) is 0.789. The van der Waals surface area contributed by atoms with Crippen molar-refractivity contribution in [3.8, 4) is 0 Å². The van der Waals surface area contributed by atoms with Crippen LogP contribution < -0.4 is 5.32 Å². The average Bonchev–Trinajstić information content (AvgIpc) is 2.88. The van der Waals surface area contributed by atoms with Gasteiger partial charge in [-0.2, -0.15) is 0 Å². The molecule has 2 aliphatic carbocycles. The number of ether oxygens (including phenoxy) is 1. The molecule has 3 fully saturated rings. The van der Waals surface area contributed by atoms with Crippen LogP contribution in [-0.2, 0) is 23.9 Å². The van der Waals surface area contributed by atoms with E-state index < -0.39 is 17.4 Å². The normalized spacial score (nSPS) is 34.4. The second-order valence-electron chi connectivity index (χ2n) is 8.06. The first kappa shape index (κ1) is 18.9. The van der Waals surface area contributed by atoms with Crippen molar-refractivity contribution >= 4 is 23.7 Å². The Hall–Kier alpha value is -1.92. The molecule has 7 heteroatoms. The van der Waals surface area contributed by atoms with Gasteiger partial charge in [0.15, 0.2) is 0 Å². The number of likely N-dealkylation sites (tertiary alicyclic amines) is 1. The molecule has 1 heterocycles. The molecule has 0 spiro atoms. The van der Waals surface area contributed by atoms with Crippen LogP contribution >= 0.6 is 0 Å². The third-order valence-corrected chi connectivity index (χ3v) is 6.32. The van der Waals surface area contributed by atoms with E-state index in [-0.39, 0.29) is 30.2 Å². The summed E-state index contributed by atoms with van der Waals surface area (Å²) in [5.74, 6) is -1.44. The number of nitrogens with one attached hydrogen (secondary N) is 1. The maximum Gasteiger partial charge on any atom is 0.331 e. The summed E-state index contributed by atoms with van der Waals surface area (Å²) in [5.41, 5.74) is -1.04. The molecule has 3 amide bonds. The summed E-state index contributed by atoms with van der Waals surface area (Å²) in [7, 11) is 1.31. The molecule has 3 rings (SSSR count). The van der Waals surface area contributed by atoms with Crippen LogP contribution in [0.25, 0.3) is 0 Å². The third kappa shape index (κ3) is 3.35. The standard InChI is InChI=1S/C19H28N2O5/c1-12-7-9-19(10-8-12,18(25)26-2)20-15(22)11-21-16(23)13-5-3-4-6-14(13)17(21)24/h12-14H,3-11H2,1-2H3,(H,20,22). The Balaban J connectivity index is 1.68. The zero-order chi connectivity index (χ0) is 18.9. The summed E-state index contributed by atoms with van der Waals surface area (Å²) in [5, 5.41) is 2.79. The summed E-state index contributed by atoms with van der Waals surface area (Å²) in [6.07, 6.45) is 6.00. The van der Waals surface area contributed by atoms with Crippen LogP contribution in [0.3, 0.4) is 0 Å². The van der Waals surface area contributed by atoms with Crippen molar-refractivity contribution in [2.24, 2.45) is 17.8 Å². The monoisotopic (exact) mass is 364 g/mol. The molecular weight excluding hydrogens is 336 g/mol. The molecule has 0 radical (unpaired) electrons. The molecule has 2 atom stereocenters. The number of esters is 1. The van der Waals surface area contributed by atoms with Crippen molar-refractivity contribution in [2.45, 2.75) is 63.8 Å². The van der Waals surface area contributed by atoms with Crippen molar-refractivity contribution < 1.29 is 23.9 Å². The predicted octanol–water partition coefficient (Wildman–Crippen LogP) is 1.40. The van der Waals surface area contributed by atoms with Crippen LogP contribution in [0.5, 0.6) is 0 Å². The van der Waals surface area contributed by atoms with Crippen molar-refractivity contribution in [1.29, 1.82) is 0 Å². The first-order valence-electron chi connectivity index (χ1n) is 9.62. The lowest BCUT2D eigenvalue weighted by molar-refractivity contribution is -0.153. The summed E-state index contributed by atoms with van der Waals surface area (Å²) >= 11 is 0. The van der Waals surface area contributed by atoms with Crippen LogP contribution in [0.1, 0.15) is 58.3 Å². The van der Waals surface area contributed by atoms with E-state index in [4.69, 9.17) is 4.74 Å². The molecule has 0 bridgehead atoms. The Morgan fingerprint density at radius 3 is 2.12 bits per heavy atom. The Morgan fingerprint density at radius 2 is 1.62 bits per heavy atom. The average molecular weight is 364 g/mol. The van der Waals surface area contributed by atoms with Crippen molar-refractivity contribution in [2.75, 3.05) is 13.7 Å². The largest absolute Gasteiger partial charge is 0.467 e. The molecule has 1 saturated heterocycles. The maximum atomic E-state index is 12.6. The van der Waals surface area contributed by atoms with Gasteiger partial charge in [0.2, 0.25) is 17.7 Å². The van der Waals surface area contributed by atoms with E-state index in [9.17, 15) is 19.2 Å². The number of fused-ring (bicyclic) bond motifs is 1. The lowest BCUT2D eigenvalue weighted by Gasteiger charge is -2.37. The fourth-order valence-corrected chi connectivity index (χ4v) is 4.67. The molecule has 2 saturated carbocycles. The fourth-order valence-electron chi connectivity index (χ4n) is 4.67. The van der Waals surface area contributed by atoms with Gasteiger partial charge >= 0.3 is 5.97 Å². The number of methoxy groups -OCH3 is 1. The van der Waals surface area contributed by atoms with Gasteiger partial charge in [0.05, 0.1) is 18.9 Å². The molecule has 1 N–H and O–H groups in total. The van der Waals surface area contributed by atoms with E-state index in [1.807, 2.05) is 0 Å². The maximum absolute atomic E-state index is 12.6. The number of nitrogens with zero attached hydrogens (tertiary/aromatic N) is 1. The number of imide groups is 1.